The number of H-pyrrole nitrogens is 4. The smallest absolute Gasteiger partial charge is 0.389 e. The highest BCUT2D eigenvalue weighted by Gasteiger charge is 2.37. The van der Waals surface area contributed by atoms with E-state index < -0.39 is 40.5 Å². The number of aromatic nitrogens is 4. The molecule has 0 spiro atoms. The van der Waals surface area contributed by atoms with E-state index in [0.29, 0.717) is 17.5 Å². The summed E-state index contributed by atoms with van der Waals surface area (Å²) in [6, 6.07) is 0.458. The van der Waals surface area contributed by atoms with Crippen molar-refractivity contribution in [3.8, 4) is 0 Å². The van der Waals surface area contributed by atoms with Gasteiger partial charge in [0, 0.05) is 18.2 Å². The molecule has 0 atom stereocenters. The first-order valence-electron chi connectivity index (χ1n) is 7.78. The van der Waals surface area contributed by atoms with Gasteiger partial charge in [0.2, 0.25) is 0 Å². The second kappa shape index (κ2) is 9.24. The van der Waals surface area contributed by atoms with Crippen molar-refractivity contribution in [3.63, 3.8) is 0 Å². The maximum Gasteiger partial charge on any atom is 0.433 e. The molecular formula is C14H16ClF6N5O3S. The Kier molecular flexibility index (Phi) is 7.93. The first-order valence-corrected chi connectivity index (χ1v) is 8.77. The number of oxime groups is 1. The van der Waals surface area contributed by atoms with Crippen LogP contribution in [0, 0.1) is 0 Å². The first kappa shape index (κ1) is 25.7. The fourth-order valence-electron chi connectivity index (χ4n) is 2.08. The molecule has 2 aromatic rings. The lowest BCUT2D eigenvalue weighted by atomic mass is 10.1. The van der Waals surface area contributed by atoms with E-state index in [1.165, 1.54) is 0 Å². The minimum Gasteiger partial charge on any atom is -0.389 e. The summed E-state index contributed by atoms with van der Waals surface area (Å²) < 4.78 is 72.7. The normalized spacial score (nSPS) is 15.5. The van der Waals surface area contributed by atoms with Crippen LogP contribution in [0.25, 0.3) is 0 Å². The van der Waals surface area contributed by atoms with Gasteiger partial charge in [0.15, 0.2) is 0 Å². The minimum atomic E-state index is -4.58. The number of aromatic amines is 4. The molecule has 4 N–H and O–H groups in total. The van der Waals surface area contributed by atoms with Gasteiger partial charge in [-0.05, 0) is 13.8 Å². The minimum absolute atomic E-state index is 0. The molecule has 3 rings (SSSR count). The Labute approximate surface area is 174 Å². The van der Waals surface area contributed by atoms with Gasteiger partial charge in [0.05, 0.1) is 5.56 Å². The van der Waals surface area contributed by atoms with Gasteiger partial charge in [-0.25, -0.2) is 0 Å². The molecule has 30 heavy (non-hydrogen) atoms. The molecule has 0 saturated heterocycles. The van der Waals surface area contributed by atoms with E-state index in [9.17, 15) is 35.9 Å². The molecule has 170 valence electrons. The Morgan fingerprint density at radius 1 is 1.07 bits per heavy atom. The molecular weight excluding hydrogens is 468 g/mol. The van der Waals surface area contributed by atoms with E-state index >= 15 is 0 Å². The highest BCUT2D eigenvalue weighted by molar-refractivity contribution is 8.13. The predicted molar refractivity (Wildman–Crippen MR) is 98.6 cm³/mol. The van der Waals surface area contributed by atoms with Crippen LogP contribution in [0.5, 0.6) is 0 Å². The van der Waals surface area contributed by atoms with Crippen molar-refractivity contribution in [1.82, 2.24) is 20.4 Å². The molecule has 0 radical (unpaired) electrons. The number of hydrogen-bond donors (Lipinski definition) is 4. The van der Waals surface area contributed by atoms with E-state index in [1.807, 2.05) is 24.0 Å². The summed E-state index contributed by atoms with van der Waals surface area (Å²) in [6.07, 6.45) is -8.54. The molecule has 0 fully saturated rings. The van der Waals surface area contributed by atoms with Gasteiger partial charge < -0.3 is 4.84 Å². The van der Waals surface area contributed by atoms with Crippen molar-refractivity contribution >= 4 is 29.2 Å². The van der Waals surface area contributed by atoms with E-state index in [-0.39, 0.29) is 23.7 Å². The van der Waals surface area contributed by atoms with Gasteiger partial charge in [-0.2, -0.15) is 26.3 Å². The van der Waals surface area contributed by atoms with E-state index in [1.54, 1.807) is 10.2 Å². The van der Waals surface area contributed by atoms with E-state index in [0.717, 1.165) is 11.8 Å². The summed E-state index contributed by atoms with van der Waals surface area (Å²) in [5.74, 6) is -0.105. The number of alkyl halides is 6. The van der Waals surface area contributed by atoms with Gasteiger partial charge in [-0.3, -0.25) is 30.0 Å². The molecule has 1 aliphatic rings. The molecule has 3 heterocycles. The zero-order valence-corrected chi connectivity index (χ0v) is 16.9. The first-order chi connectivity index (χ1) is 13.2. The highest BCUT2D eigenvalue weighted by atomic mass is 35.5. The average molecular weight is 484 g/mol. The fraction of sp³-hybridized carbons (Fsp3) is 0.500. The maximum atomic E-state index is 12.6. The summed E-state index contributed by atoms with van der Waals surface area (Å²) in [5, 5.41) is 11.6. The zero-order valence-electron chi connectivity index (χ0n) is 15.2. The maximum absolute atomic E-state index is 12.6. The van der Waals surface area contributed by atoms with E-state index in [2.05, 4.69) is 5.16 Å². The van der Waals surface area contributed by atoms with Crippen molar-refractivity contribution in [2.24, 2.45) is 5.16 Å². The van der Waals surface area contributed by atoms with Crippen LogP contribution < -0.4 is 11.1 Å². The third kappa shape index (κ3) is 6.90. The Balaban J connectivity index is 0.000000348. The van der Waals surface area contributed by atoms with Crippen LogP contribution in [0.3, 0.4) is 0 Å². The predicted octanol–water partition coefficient (Wildman–Crippen LogP) is 3.61. The molecule has 0 bridgehead atoms. The van der Waals surface area contributed by atoms with Crippen LogP contribution in [0.2, 0.25) is 0 Å². The lowest BCUT2D eigenvalue weighted by Crippen LogP contribution is -2.18. The highest BCUT2D eigenvalue weighted by Crippen LogP contribution is 2.33. The van der Waals surface area contributed by atoms with Crippen LogP contribution in [-0.4, -0.2) is 31.0 Å². The Morgan fingerprint density at radius 2 is 1.70 bits per heavy atom. The van der Waals surface area contributed by atoms with Crippen molar-refractivity contribution < 1.29 is 31.2 Å². The van der Waals surface area contributed by atoms with Crippen molar-refractivity contribution in [2.75, 3.05) is 0 Å². The lowest BCUT2D eigenvalue weighted by molar-refractivity contribution is -0.142. The summed E-state index contributed by atoms with van der Waals surface area (Å²) in [5.41, 5.74) is -4.42. The molecule has 0 aromatic carbocycles. The van der Waals surface area contributed by atoms with Crippen LogP contribution in [0.1, 0.15) is 37.2 Å². The molecule has 16 heteroatoms. The van der Waals surface area contributed by atoms with Crippen LogP contribution >= 0.6 is 24.2 Å². The summed E-state index contributed by atoms with van der Waals surface area (Å²) in [7, 11) is 0. The SMILES string of the molecule is CC1(C)CC(SCc2c(C(F)(F)F)[nH][nH]c2=O)=NO1.Cl.O=c1cc(C(F)(F)F)[nH][nH]1. The van der Waals surface area contributed by atoms with Crippen molar-refractivity contribution in [1.29, 1.82) is 0 Å². The average Bonchev–Trinajstić information content (AvgIpc) is 3.24. The molecule has 0 aliphatic carbocycles. The fourth-order valence-corrected chi connectivity index (χ4v) is 3.21. The molecule has 2 aromatic heterocycles. The van der Waals surface area contributed by atoms with Crippen LogP contribution in [-0.2, 0) is 22.9 Å². The zero-order chi connectivity index (χ0) is 22.0. The summed E-state index contributed by atoms with van der Waals surface area (Å²) in [6.45, 7) is 3.66. The quantitative estimate of drug-likeness (QED) is 0.488. The molecule has 0 amide bonds. The second-order valence-electron chi connectivity index (χ2n) is 6.40. The standard InChI is InChI=1S/C10H12F3N3O2S.C4H3F3N2O.ClH/c1-9(2)3-6(16-18-9)19-4-5-7(10(11,12)13)14-15-8(5)17;5-4(6,7)2-1-3(10)9-8-2;/h3-4H2,1-2H3,(H2,14,15,17);1H,(H2,8,9,10);1H. The van der Waals surface area contributed by atoms with Crippen molar-refractivity contribution in [2.45, 2.75) is 44.0 Å². The van der Waals surface area contributed by atoms with Gasteiger partial charge in [0.1, 0.15) is 22.0 Å². The van der Waals surface area contributed by atoms with Crippen LogP contribution in [0.4, 0.5) is 26.3 Å². The largest absolute Gasteiger partial charge is 0.433 e. The topological polar surface area (TPSA) is 119 Å². The van der Waals surface area contributed by atoms with E-state index in [4.69, 9.17) is 4.84 Å². The molecule has 0 saturated carbocycles. The summed E-state index contributed by atoms with van der Waals surface area (Å²) >= 11 is 1.07. The Bertz CT molecular complexity index is 988. The number of halogens is 7. The van der Waals surface area contributed by atoms with Crippen LogP contribution in [0.15, 0.2) is 20.8 Å². The lowest BCUT2D eigenvalue weighted by Gasteiger charge is -2.13. The number of nitrogens with zero attached hydrogens (tertiary/aromatic N) is 1. The van der Waals surface area contributed by atoms with Gasteiger partial charge >= 0.3 is 12.4 Å². The Hall–Kier alpha value is -2.29. The molecule has 8 nitrogen and oxygen atoms in total. The van der Waals surface area contributed by atoms with Crippen molar-refractivity contribution in [3.05, 3.63) is 43.7 Å². The number of rotatable bonds is 2. The number of thioether (sulfide) groups is 1. The second-order valence-corrected chi connectivity index (χ2v) is 7.45. The summed E-state index contributed by atoms with van der Waals surface area (Å²) in [4.78, 5) is 26.6. The Morgan fingerprint density at radius 3 is 2.10 bits per heavy atom. The molecule has 0 unspecified atom stereocenters. The number of hydrogen-bond acceptors (Lipinski definition) is 5. The molecule has 1 aliphatic heterocycles. The van der Waals surface area contributed by atoms with Gasteiger partial charge in [0.25, 0.3) is 11.1 Å². The van der Waals surface area contributed by atoms with Gasteiger partial charge in [-0.1, -0.05) is 5.16 Å². The third-order valence-electron chi connectivity index (χ3n) is 3.42. The monoisotopic (exact) mass is 483 g/mol. The third-order valence-corrected chi connectivity index (χ3v) is 4.40. The van der Waals surface area contributed by atoms with Gasteiger partial charge in [-0.15, -0.1) is 24.2 Å². The number of nitrogens with one attached hydrogen (secondary N) is 4.